The van der Waals surface area contributed by atoms with Gasteiger partial charge in [0.15, 0.2) is 17.0 Å². The fourth-order valence-corrected chi connectivity index (χ4v) is 8.49. The summed E-state index contributed by atoms with van der Waals surface area (Å²) in [5.41, 5.74) is 9.27. The topological polar surface area (TPSA) is 151 Å². The Morgan fingerprint density at radius 2 is 1.98 bits per heavy atom. The van der Waals surface area contributed by atoms with Crippen molar-refractivity contribution in [2.45, 2.75) is 63.9 Å². The van der Waals surface area contributed by atoms with Crippen LogP contribution in [0.1, 0.15) is 43.9 Å². The van der Waals surface area contributed by atoms with E-state index in [2.05, 4.69) is 29.7 Å². The molecule has 8 rings (SSSR count). The molecule has 4 aromatic rings. The molecule has 0 bridgehead atoms. The number of aromatic nitrogens is 3. The van der Waals surface area contributed by atoms with Crippen LogP contribution in [0.15, 0.2) is 53.7 Å². The van der Waals surface area contributed by atoms with E-state index in [4.69, 9.17) is 15.2 Å². The van der Waals surface area contributed by atoms with Crippen LogP contribution in [0.4, 0.5) is 21.6 Å². The minimum atomic E-state index is -0.885. The SMILES string of the molecule is COc1cc(CN(Cc2cn3c4c(c(N5C[C@@H]6C(NC(C)C(=O)O)[C@@H]6C5)c(F)cc4c2=O)OCC3C)[C@H]2CCCN(c3ccc(N)nc3)C2)ccn1. The molecular formula is C38H45FN8O5. The summed E-state index contributed by atoms with van der Waals surface area (Å²) in [6, 6.07) is 8.57. The molecule has 0 radical (unpaired) electrons. The van der Waals surface area contributed by atoms with Crippen molar-refractivity contribution in [3.63, 3.8) is 0 Å². The molecule has 0 spiro atoms. The van der Waals surface area contributed by atoms with Gasteiger partial charge >= 0.3 is 5.97 Å². The fourth-order valence-electron chi connectivity index (χ4n) is 8.49. The molecule has 14 heteroatoms. The number of hydrogen-bond donors (Lipinski definition) is 3. The fraction of sp³-hybridized carbons (Fsp3) is 0.474. The first-order valence-corrected chi connectivity index (χ1v) is 18.1. The van der Waals surface area contributed by atoms with Crippen molar-refractivity contribution in [1.29, 1.82) is 0 Å². The third kappa shape index (κ3) is 6.27. The van der Waals surface area contributed by atoms with Crippen molar-refractivity contribution in [2.75, 3.05) is 55.4 Å². The van der Waals surface area contributed by atoms with Crippen LogP contribution in [0.2, 0.25) is 0 Å². The smallest absolute Gasteiger partial charge is 0.320 e. The van der Waals surface area contributed by atoms with Gasteiger partial charge in [0.05, 0.1) is 35.9 Å². The van der Waals surface area contributed by atoms with E-state index >= 15 is 4.39 Å². The van der Waals surface area contributed by atoms with Crippen molar-refractivity contribution in [2.24, 2.45) is 11.8 Å². The average molecular weight is 713 g/mol. The van der Waals surface area contributed by atoms with Gasteiger partial charge in [-0.25, -0.2) is 14.4 Å². The highest BCUT2D eigenvalue weighted by molar-refractivity contribution is 5.92. The molecule has 4 N–H and O–H groups in total. The average Bonchev–Trinajstić information content (AvgIpc) is 3.56. The molecule has 1 saturated carbocycles. The van der Waals surface area contributed by atoms with Gasteiger partial charge in [0.2, 0.25) is 5.88 Å². The number of nitrogens with one attached hydrogen (secondary N) is 1. The number of pyridine rings is 3. The number of carbonyl (C=O) groups is 1. The monoisotopic (exact) mass is 712 g/mol. The van der Waals surface area contributed by atoms with Gasteiger partial charge in [-0.2, -0.15) is 0 Å². The lowest BCUT2D eigenvalue weighted by molar-refractivity contribution is -0.139. The molecule has 2 saturated heterocycles. The van der Waals surface area contributed by atoms with Gasteiger partial charge in [-0.1, -0.05) is 0 Å². The standard InChI is InChI=1S/C38H45FN8O5/c1-21-20-52-37-34-27(12-30(39)35(37)46-18-28-29(19-46)33(28)43-22(2)38(49)50)36(48)24(16-47(21)34)15-45(14-23-8-9-41-32(11-23)51-3)26-5-4-10-44(17-26)25-6-7-31(40)42-13-25/h6-9,11-13,16,21-22,26,28-29,33,43H,4-5,10,14-15,17-20H2,1-3H3,(H2,40,42)(H,49,50)/t21?,22?,26-,28-,29+,33?/m0/s1. The van der Waals surface area contributed by atoms with E-state index < -0.39 is 17.8 Å². The summed E-state index contributed by atoms with van der Waals surface area (Å²) in [6.07, 6.45) is 7.39. The van der Waals surface area contributed by atoms with Crippen LogP contribution in [0, 0.1) is 17.7 Å². The molecule has 6 atom stereocenters. The molecule has 3 fully saturated rings. The Morgan fingerprint density at radius 3 is 2.71 bits per heavy atom. The van der Waals surface area contributed by atoms with Gasteiger partial charge in [-0.15, -0.1) is 0 Å². The van der Waals surface area contributed by atoms with Gasteiger partial charge in [0.1, 0.15) is 24.2 Å². The minimum Gasteiger partial charge on any atom is -0.487 e. The number of rotatable bonds is 11. The quantitative estimate of drug-likeness (QED) is 0.208. The number of carboxylic acids is 1. The second-order valence-corrected chi connectivity index (χ2v) is 14.8. The third-order valence-corrected chi connectivity index (χ3v) is 11.4. The second-order valence-electron chi connectivity index (χ2n) is 14.8. The predicted octanol–water partition coefficient (Wildman–Crippen LogP) is 3.64. The van der Waals surface area contributed by atoms with Crippen molar-refractivity contribution < 1.29 is 23.8 Å². The highest BCUT2D eigenvalue weighted by atomic mass is 19.1. The number of nitrogens with zero attached hydrogens (tertiary/aromatic N) is 6. The Kier molecular flexibility index (Phi) is 8.90. The van der Waals surface area contributed by atoms with Gasteiger partial charge in [-0.05, 0) is 68.4 Å². The summed E-state index contributed by atoms with van der Waals surface area (Å²) in [7, 11) is 1.60. The highest BCUT2D eigenvalue weighted by Crippen LogP contribution is 2.51. The van der Waals surface area contributed by atoms with Crippen LogP contribution in [0.3, 0.4) is 0 Å². The van der Waals surface area contributed by atoms with E-state index in [0.29, 0.717) is 72.4 Å². The van der Waals surface area contributed by atoms with Crippen LogP contribution < -0.4 is 35.8 Å². The summed E-state index contributed by atoms with van der Waals surface area (Å²) in [5.74, 6) is 0.497. The molecule has 1 aliphatic carbocycles. The number of ether oxygens (including phenoxy) is 2. The number of hydrogen-bond acceptors (Lipinski definition) is 11. The lowest BCUT2D eigenvalue weighted by Gasteiger charge is -2.40. The molecule has 0 amide bonds. The van der Waals surface area contributed by atoms with E-state index in [1.165, 1.54) is 6.07 Å². The first-order valence-electron chi connectivity index (χ1n) is 18.1. The molecule has 3 aromatic heterocycles. The number of carboxylic acid groups (broad SMARTS) is 1. The molecular weight excluding hydrogens is 667 g/mol. The van der Waals surface area contributed by atoms with E-state index in [-0.39, 0.29) is 35.4 Å². The number of fused-ring (bicyclic) bond motifs is 1. The largest absolute Gasteiger partial charge is 0.487 e. The highest BCUT2D eigenvalue weighted by Gasteiger charge is 2.57. The number of methoxy groups -OCH3 is 1. The Bertz CT molecular complexity index is 2050. The second kappa shape index (κ2) is 13.6. The molecule has 274 valence electrons. The summed E-state index contributed by atoms with van der Waals surface area (Å²) in [6.45, 7) is 7.76. The lowest BCUT2D eigenvalue weighted by Crippen LogP contribution is -2.48. The van der Waals surface area contributed by atoms with Crippen molar-refractivity contribution in [1.82, 2.24) is 24.8 Å². The van der Waals surface area contributed by atoms with Crippen LogP contribution in [-0.4, -0.2) is 88.5 Å². The predicted molar refractivity (Wildman–Crippen MR) is 196 cm³/mol. The Morgan fingerprint density at radius 1 is 1.17 bits per heavy atom. The molecule has 4 aliphatic rings. The normalized spacial score (nSPS) is 24.1. The number of anilines is 3. The number of piperidine rings is 2. The van der Waals surface area contributed by atoms with Crippen LogP contribution in [0.25, 0.3) is 10.9 Å². The van der Waals surface area contributed by atoms with Gasteiger partial charge < -0.3 is 40.0 Å². The Balaban J connectivity index is 1.12. The summed E-state index contributed by atoms with van der Waals surface area (Å²) in [4.78, 5) is 41.0. The van der Waals surface area contributed by atoms with Crippen molar-refractivity contribution in [3.05, 3.63) is 76.1 Å². The number of nitrogens with two attached hydrogens (primary N) is 1. The van der Waals surface area contributed by atoms with Gasteiger partial charge in [0.25, 0.3) is 0 Å². The Hall–Kier alpha value is -4.95. The number of aliphatic carboxylic acids is 1. The van der Waals surface area contributed by atoms with Gasteiger partial charge in [0, 0.05) is 75.4 Å². The van der Waals surface area contributed by atoms with Crippen LogP contribution >= 0.6 is 0 Å². The van der Waals surface area contributed by atoms with E-state index in [1.54, 1.807) is 26.4 Å². The molecule has 1 aromatic carbocycles. The number of nitrogen functional groups attached to an aromatic ring is 1. The first-order chi connectivity index (χ1) is 25.1. The summed E-state index contributed by atoms with van der Waals surface area (Å²) < 4.78 is 30.0. The van der Waals surface area contributed by atoms with E-state index in [1.807, 2.05) is 42.3 Å². The molecule has 3 aliphatic heterocycles. The third-order valence-electron chi connectivity index (χ3n) is 11.4. The molecule has 52 heavy (non-hydrogen) atoms. The van der Waals surface area contributed by atoms with E-state index in [0.717, 1.165) is 37.2 Å². The maximum atomic E-state index is 16.3. The van der Waals surface area contributed by atoms with Crippen LogP contribution in [-0.2, 0) is 17.9 Å². The maximum absolute atomic E-state index is 16.3. The summed E-state index contributed by atoms with van der Waals surface area (Å²) >= 11 is 0. The van der Waals surface area contributed by atoms with E-state index in [9.17, 15) is 14.7 Å². The van der Waals surface area contributed by atoms with Gasteiger partial charge in [-0.3, -0.25) is 14.5 Å². The van der Waals surface area contributed by atoms with Crippen molar-refractivity contribution >= 4 is 34.1 Å². The first kappa shape index (κ1) is 34.2. The Labute approximate surface area is 301 Å². The zero-order valence-electron chi connectivity index (χ0n) is 29.7. The molecule has 13 nitrogen and oxygen atoms in total. The zero-order chi connectivity index (χ0) is 36.3. The molecule has 3 unspecified atom stereocenters. The zero-order valence-corrected chi connectivity index (χ0v) is 29.7. The molecule has 6 heterocycles. The minimum absolute atomic E-state index is 0.0770. The summed E-state index contributed by atoms with van der Waals surface area (Å²) in [5, 5.41) is 12.8. The maximum Gasteiger partial charge on any atom is 0.320 e. The number of benzene rings is 1. The van der Waals surface area contributed by atoms with Crippen molar-refractivity contribution in [3.8, 4) is 11.6 Å². The lowest BCUT2D eigenvalue weighted by atomic mass is 10.0. The van der Waals surface area contributed by atoms with Crippen LogP contribution in [0.5, 0.6) is 11.6 Å². The number of halogens is 1.